The molecule has 4 heterocycles. The van der Waals surface area contributed by atoms with E-state index in [0.29, 0.717) is 12.0 Å². The molecule has 0 bridgehead atoms. The van der Waals surface area contributed by atoms with Gasteiger partial charge in [-0.3, -0.25) is 0 Å². The van der Waals surface area contributed by atoms with Crippen LogP contribution in [0.2, 0.25) is 0 Å². The summed E-state index contributed by atoms with van der Waals surface area (Å²) in [5, 5.41) is 8.92. The topological polar surface area (TPSA) is 53.1 Å². The lowest BCUT2D eigenvalue weighted by atomic mass is 9.94. The van der Waals surface area contributed by atoms with Crippen molar-refractivity contribution in [3.05, 3.63) is 23.7 Å². The second kappa shape index (κ2) is 5.85. The van der Waals surface area contributed by atoms with E-state index in [1.165, 1.54) is 36.5 Å². The van der Waals surface area contributed by atoms with Crippen molar-refractivity contribution >= 4 is 23.0 Å². The summed E-state index contributed by atoms with van der Waals surface area (Å²) in [6.45, 7) is 3.49. The molecule has 0 aromatic carbocycles. The van der Waals surface area contributed by atoms with Crippen molar-refractivity contribution in [1.82, 2.24) is 15.3 Å². The summed E-state index contributed by atoms with van der Waals surface area (Å²) in [7, 11) is 1.85. The first-order chi connectivity index (χ1) is 10.8. The van der Waals surface area contributed by atoms with Gasteiger partial charge in [-0.15, -0.1) is 11.3 Å². The van der Waals surface area contributed by atoms with Crippen LogP contribution in [-0.2, 0) is 0 Å². The molecule has 2 saturated heterocycles. The van der Waals surface area contributed by atoms with Gasteiger partial charge in [-0.25, -0.2) is 9.97 Å². The van der Waals surface area contributed by atoms with E-state index in [0.717, 1.165) is 18.2 Å². The van der Waals surface area contributed by atoms with Crippen molar-refractivity contribution < 1.29 is 0 Å². The number of thiophene rings is 1. The number of aromatic nitrogens is 2. The number of piperidine rings is 1. The van der Waals surface area contributed by atoms with Crippen LogP contribution < -0.4 is 15.5 Å². The minimum absolute atomic E-state index is 0.670. The van der Waals surface area contributed by atoms with Gasteiger partial charge in [-0.1, -0.05) is 0 Å². The molecular formula is C16H21N5S. The molecule has 0 spiro atoms. The van der Waals surface area contributed by atoms with Gasteiger partial charge in [0, 0.05) is 43.4 Å². The second-order valence-electron chi connectivity index (χ2n) is 6.05. The first-order valence-electron chi connectivity index (χ1n) is 7.91. The largest absolute Gasteiger partial charge is 0.369 e. The molecule has 4 rings (SSSR count). The maximum absolute atomic E-state index is 4.53. The van der Waals surface area contributed by atoms with E-state index in [-0.39, 0.29) is 0 Å². The zero-order valence-corrected chi connectivity index (χ0v) is 13.6. The number of anilines is 2. The van der Waals surface area contributed by atoms with Crippen molar-refractivity contribution in [2.24, 2.45) is 5.92 Å². The van der Waals surface area contributed by atoms with Gasteiger partial charge in [-0.05, 0) is 37.4 Å². The van der Waals surface area contributed by atoms with Gasteiger partial charge in [-0.2, -0.15) is 0 Å². The van der Waals surface area contributed by atoms with Crippen LogP contribution >= 0.6 is 11.3 Å². The average Bonchev–Trinajstić information content (AvgIpc) is 3.21. The maximum Gasteiger partial charge on any atom is 0.222 e. The van der Waals surface area contributed by atoms with Gasteiger partial charge in [0.15, 0.2) is 0 Å². The molecule has 2 fully saturated rings. The highest BCUT2D eigenvalue weighted by molar-refractivity contribution is 7.14. The van der Waals surface area contributed by atoms with Crippen molar-refractivity contribution in [3.63, 3.8) is 0 Å². The third-order valence-corrected chi connectivity index (χ3v) is 5.62. The summed E-state index contributed by atoms with van der Waals surface area (Å²) >= 11 is 1.76. The predicted molar refractivity (Wildman–Crippen MR) is 91.6 cm³/mol. The fourth-order valence-corrected chi connectivity index (χ4v) is 4.39. The van der Waals surface area contributed by atoms with Crippen LogP contribution in [0.4, 0.5) is 11.6 Å². The highest BCUT2D eigenvalue weighted by atomic mass is 32.1. The van der Waals surface area contributed by atoms with Gasteiger partial charge in [0.2, 0.25) is 5.95 Å². The minimum Gasteiger partial charge on any atom is -0.369 e. The molecule has 0 aliphatic carbocycles. The molecule has 2 N–H and O–H groups in total. The number of nitrogens with zero attached hydrogens (tertiary/aromatic N) is 3. The summed E-state index contributed by atoms with van der Waals surface area (Å²) in [6.07, 6.45) is 4.49. The standard InChI is InChI=1S/C16H21N5S/c1-17-16-19-6-4-13(20-16)15-7-12(10-22-15)21-8-11-3-2-5-18-14(11)9-21/h4,6-7,10-11,14,18H,2-3,5,8-9H2,1H3,(H,17,19,20). The zero-order valence-electron chi connectivity index (χ0n) is 12.7. The lowest BCUT2D eigenvalue weighted by Gasteiger charge is -2.24. The molecule has 0 saturated carbocycles. The summed E-state index contributed by atoms with van der Waals surface area (Å²) in [5.74, 6) is 1.48. The van der Waals surface area contributed by atoms with E-state index in [1.54, 1.807) is 11.3 Å². The average molecular weight is 315 g/mol. The normalized spacial score (nSPS) is 24.3. The third kappa shape index (κ3) is 2.57. The highest BCUT2D eigenvalue weighted by Crippen LogP contribution is 2.35. The Bertz CT molecular complexity index is 641. The molecule has 2 aromatic heterocycles. The Morgan fingerprint density at radius 1 is 1.41 bits per heavy atom. The lowest BCUT2D eigenvalue weighted by molar-refractivity contribution is 0.340. The third-order valence-electron chi connectivity index (χ3n) is 4.68. The Morgan fingerprint density at radius 3 is 3.23 bits per heavy atom. The molecule has 116 valence electrons. The summed E-state index contributed by atoms with van der Waals surface area (Å²) < 4.78 is 0. The quantitative estimate of drug-likeness (QED) is 0.911. The molecule has 0 amide bonds. The van der Waals surface area contributed by atoms with Crippen molar-refractivity contribution in [2.45, 2.75) is 18.9 Å². The molecule has 2 aliphatic rings. The van der Waals surface area contributed by atoms with Gasteiger partial charge in [0.1, 0.15) is 0 Å². The Morgan fingerprint density at radius 2 is 2.36 bits per heavy atom. The van der Waals surface area contributed by atoms with Gasteiger partial charge >= 0.3 is 0 Å². The molecule has 22 heavy (non-hydrogen) atoms. The molecule has 5 nitrogen and oxygen atoms in total. The number of nitrogens with one attached hydrogen (secondary N) is 2. The fourth-order valence-electron chi connectivity index (χ4n) is 3.50. The van der Waals surface area contributed by atoms with Crippen LogP contribution in [-0.4, -0.2) is 42.7 Å². The summed E-state index contributed by atoms with van der Waals surface area (Å²) in [4.78, 5) is 12.4. The Balaban J connectivity index is 1.54. The summed E-state index contributed by atoms with van der Waals surface area (Å²) in [6, 6.07) is 4.91. The lowest BCUT2D eigenvalue weighted by Crippen LogP contribution is -2.40. The molecule has 0 radical (unpaired) electrons. The number of hydrogen-bond donors (Lipinski definition) is 2. The van der Waals surface area contributed by atoms with E-state index >= 15 is 0 Å². The summed E-state index contributed by atoms with van der Waals surface area (Å²) in [5.41, 5.74) is 2.33. The number of hydrogen-bond acceptors (Lipinski definition) is 6. The number of rotatable bonds is 3. The first-order valence-corrected chi connectivity index (χ1v) is 8.79. The molecular weight excluding hydrogens is 294 g/mol. The van der Waals surface area contributed by atoms with Crippen molar-refractivity contribution in [1.29, 1.82) is 0 Å². The van der Waals surface area contributed by atoms with Crippen LogP contribution in [0.15, 0.2) is 23.7 Å². The Labute approximate surface area is 134 Å². The van der Waals surface area contributed by atoms with Crippen LogP contribution in [0.1, 0.15) is 12.8 Å². The first kappa shape index (κ1) is 14.0. The van der Waals surface area contributed by atoms with Gasteiger partial charge < -0.3 is 15.5 Å². The highest BCUT2D eigenvalue weighted by Gasteiger charge is 2.34. The van der Waals surface area contributed by atoms with E-state index in [4.69, 9.17) is 0 Å². The Hall–Kier alpha value is -1.66. The monoisotopic (exact) mass is 315 g/mol. The second-order valence-corrected chi connectivity index (χ2v) is 6.96. The van der Waals surface area contributed by atoms with Crippen LogP contribution in [0.25, 0.3) is 10.6 Å². The predicted octanol–water partition coefficient (Wildman–Crippen LogP) is 2.44. The SMILES string of the molecule is CNc1nccc(-c2cc(N3CC4CCCNC4C3)cs2)n1. The van der Waals surface area contributed by atoms with E-state index in [9.17, 15) is 0 Å². The van der Waals surface area contributed by atoms with E-state index in [2.05, 4.69) is 36.9 Å². The molecule has 2 aliphatic heterocycles. The number of fused-ring (bicyclic) bond motifs is 1. The maximum atomic E-state index is 4.53. The fraction of sp³-hybridized carbons (Fsp3) is 0.500. The smallest absolute Gasteiger partial charge is 0.222 e. The minimum atomic E-state index is 0.670. The Kier molecular flexibility index (Phi) is 3.72. The van der Waals surface area contributed by atoms with Crippen LogP contribution in [0.3, 0.4) is 0 Å². The van der Waals surface area contributed by atoms with Gasteiger partial charge in [0.05, 0.1) is 10.6 Å². The van der Waals surface area contributed by atoms with Crippen LogP contribution in [0, 0.1) is 5.92 Å². The van der Waals surface area contributed by atoms with Gasteiger partial charge in [0.25, 0.3) is 0 Å². The van der Waals surface area contributed by atoms with E-state index < -0.39 is 0 Å². The van der Waals surface area contributed by atoms with E-state index in [1.807, 2.05) is 19.3 Å². The molecule has 2 atom stereocenters. The molecule has 2 aromatic rings. The van der Waals surface area contributed by atoms with Crippen molar-refractivity contribution in [2.75, 3.05) is 36.9 Å². The zero-order chi connectivity index (χ0) is 14.9. The van der Waals surface area contributed by atoms with Crippen molar-refractivity contribution in [3.8, 4) is 10.6 Å². The molecule has 2 unspecified atom stereocenters. The van der Waals surface area contributed by atoms with Crippen LogP contribution in [0.5, 0.6) is 0 Å². The molecule has 6 heteroatoms.